The van der Waals surface area contributed by atoms with Crippen LogP contribution < -0.4 is 4.90 Å². The molecular formula is C30H22BrN. The first-order chi connectivity index (χ1) is 15.8. The molecule has 5 aromatic carbocycles. The van der Waals surface area contributed by atoms with Crippen molar-refractivity contribution in [2.45, 2.75) is 0 Å². The first-order valence-corrected chi connectivity index (χ1v) is 11.4. The number of rotatable bonds is 5. The van der Waals surface area contributed by atoms with E-state index in [1.807, 2.05) is 6.07 Å². The number of nitrogens with zero attached hydrogens (tertiary/aromatic N) is 1. The van der Waals surface area contributed by atoms with Crippen LogP contribution in [-0.2, 0) is 0 Å². The summed E-state index contributed by atoms with van der Waals surface area (Å²) in [7, 11) is 0. The largest absolute Gasteiger partial charge is 0.310 e. The van der Waals surface area contributed by atoms with Crippen molar-refractivity contribution in [2.24, 2.45) is 0 Å². The maximum absolute atomic E-state index is 3.58. The van der Waals surface area contributed by atoms with Crippen molar-refractivity contribution in [3.05, 3.63) is 138 Å². The van der Waals surface area contributed by atoms with E-state index in [2.05, 4.69) is 148 Å². The molecule has 0 heterocycles. The van der Waals surface area contributed by atoms with E-state index in [0.29, 0.717) is 0 Å². The zero-order valence-electron chi connectivity index (χ0n) is 17.5. The Bertz CT molecular complexity index is 1290. The van der Waals surface area contributed by atoms with Crippen LogP contribution in [0, 0.1) is 0 Å². The molecule has 0 fully saturated rings. The van der Waals surface area contributed by atoms with Crippen LogP contribution >= 0.6 is 15.9 Å². The van der Waals surface area contributed by atoms with Crippen molar-refractivity contribution >= 4 is 33.0 Å². The average molecular weight is 476 g/mol. The zero-order chi connectivity index (χ0) is 21.8. The average Bonchev–Trinajstić information content (AvgIpc) is 2.87. The molecule has 5 aromatic rings. The van der Waals surface area contributed by atoms with Gasteiger partial charge in [0.15, 0.2) is 0 Å². The zero-order valence-corrected chi connectivity index (χ0v) is 19.1. The second-order valence-corrected chi connectivity index (χ2v) is 8.52. The summed E-state index contributed by atoms with van der Waals surface area (Å²) in [6.07, 6.45) is 0. The molecule has 5 rings (SSSR count). The van der Waals surface area contributed by atoms with Crippen molar-refractivity contribution < 1.29 is 0 Å². The minimum atomic E-state index is 1.07. The van der Waals surface area contributed by atoms with Gasteiger partial charge in [-0.3, -0.25) is 0 Å². The molecule has 0 atom stereocenters. The molecule has 0 bridgehead atoms. The van der Waals surface area contributed by atoms with Crippen LogP contribution in [0.3, 0.4) is 0 Å². The maximum Gasteiger partial charge on any atom is 0.0540 e. The van der Waals surface area contributed by atoms with Gasteiger partial charge < -0.3 is 4.90 Å². The summed E-state index contributed by atoms with van der Waals surface area (Å²) in [5, 5.41) is 0. The predicted octanol–water partition coefficient (Wildman–Crippen LogP) is 9.25. The summed E-state index contributed by atoms with van der Waals surface area (Å²) in [5.74, 6) is 0. The van der Waals surface area contributed by atoms with E-state index in [4.69, 9.17) is 0 Å². The lowest BCUT2D eigenvalue weighted by molar-refractivity contribution is 1.28. The second-order valence-electron chi connectivity index (χ2n) is 7.61. The van der Waals surface area contributed by atoms with Crippen molar-refractivity contribution in [2.75, 3.05) is 4.90 Å². The highest BCUT2D eigenvalue weighted by molar-refractivity contribution is 9.10. The van der Waals surface area contributed by atoms with Gasteiger partial charge >= 0.3 is 0 Å². The quantitative estimate of drug-likeness (QED) is 0.244. The van der Waals surface area contributed by atoms with Crippen molar-refractivity contribution in [1.82, 2.24) is 0 Å². The van der Waals surface area contributed by atoms with Gasteiger partial charge in [0.05, 0.1) is 5.69 Å². The van der Waals surface area contributed by atoms with E-state index in [0.717, 1.165) is 21.5 Å². The summed E-state index contributed by atoms with van der Waals surface area (Å²) in [5.41, 5.74) is 8.21. The summed E-state index contributed by atoms with van der Waals surface area (Å²) in [6, 6.07) is 46.9. The number of hydrogen-bond acceptors (Lipinski definition) is 1. The molecule has 0 spiro atoms. The van der Waals surface area contributed by atoms with Gasteiger partial charge in [-0.05, 0) is 59.2 Å². The molecule has 0 amide bonds. The van der Waals surface area contributed by atoms with E-state index < -0.39 is 0 Å². The second kappa shape index (κ2) is 9.25. The normalized spacial score (nSPS) is 10.7. The van der Waals surface area contributed by atoms with Gasteiger partial charge in [-0.2, -0.15) is 0 Å². The molecule has 0 aliphatic rings. The minimum Gasteiger partial charge on any atom is -0.310 e. The number of para-hydroxylation sites is 1. The highest BCUT2D eigenvalue weighted by Crippen LogP contribution is 2.41. The minimum absolute atomic E-state index is 1.07. The van der Waals surface area contributed by atoms with E-state index in [-0.39, 0.29) is 0 Å². The molecule has 0 aromatic heterocycles. The number of benzene rings is 5. The fraction of sp³-hybridized carbons (Fsp3) is 0. The van der Waals surface area contributed by atoms with Gasteiger partial charge in [-0.25, -0.2) is 0 Å². The van der Waals surface area contributed by atoms with E-state index in [1.54, 1.807) is 0 Å². The topological polar surface area (TPSA) is 3.24 Å². The lowest BCUT2D eigenvalue weighted by Gasteiger charge is -2.28. The standard InChI is InChI=1S/C30H22BrN/c31-26-17-21-28(22-18-26)32(27-19-15-24(16-20-27)23-9-3-1-4-10-23)30-14-8-7-13-29(30)25-11-5-2-6-12-25/h1-22H. The fourth-order valence-electron chi connectivity index (χ4n) is 3.98. The Balaban J connectivity index is 1.64. The van der Waals surface area contributed by atoms with E-state index in [9.17, 15) is 0 Å². The molecule has 0 saturated heterocycles. The molecule has 2 heteroatoms. The third-order valence-corrected chi connectivity index (χ3v) is 6.08. The van der Waals surface area contributed by atoms with Crippen molar-refractivity contribution in [3.63, 3.8) is 0 Å². The third kappa shape index (κ3) is 4.23. The van der Waals surface area contributed by atoms with Gasteiger partial charge in [0.1, 0.15) is 0 Å². The maximum atomic E-state index is 3.58. The van der Waals surface area contributed by atoms with Crippen LogP contribution in [-0.4, -0.2) is 0 Å². The number of hydrogen-bond donors (Lipinski definition) is 0. The molecule has 0 N–H and O–H groups in total. The van der Waals surface area contributed by atoms with Gasteiger partial charge in [-0.1, -0.05) is 107 Å². The van der Waals surface area contributed by atoms with Crippen molar-refractivity contribution in [3.8, 4) is 22.3 Å². The summed E-state index contributed by atoms with van der Waals surface area (Å²) in [6.45, 7) is 0. The Morgan fingerprint density at radius 1 is 0.406 bits per heavy atom. The Morgan fingerprint density at radius 3 is 1.50 bits per heavy atom. The highest BCUT2D eigenvalue weighted by atomic mass is 79.9. The van der Waals surface area contributed by atoms with Crippen LogP contribution in [0.1, 0.15) is 0 Å². The fourth-order valence-corrected chi connectivity index (χ4v) is 4.25. The summed E-state index contributed by atoms with van der Waals surface area (Å²) < 4.78 is 1.07. The van der Waals surface area contributed by atoms with E-state index >= 15 is 0 Å². The first kappa shape index (κ1) is 20.3. The lowest BCUT2D eigenvalue weighted by Crippen LogP contribution is -2.11. The Kier molecular flexibility index (Phi) is 5.87. The summed E-state index contributed by atoms with van der Waals surface area (Å²) in [4.78, 5) is 2.32. The number of anilines is 3. The van der Waals surface area contributed by atoms with Gasteiger partial charge in [0.2, 0.25) is 0 Å². The smallest absolute Gasteiger partial charge is 0.0540 e. The van der Waals surface area contributed by atoms with Crippen LogP contribution in [0.15, 0.2) is 138 Å². The Labute approximate surface area is 197 Å². The van der Waals surface area contributed by atoms with Gasteiger partial charge in [-0.15, -0.1) is 0 Å². The molecule has 1 nitrogen and oxygen atoms in total. The van der Waals surface area contributed by atoms with Crippen LogP contribution in [0.5, 0.6) is 0 Å². The highest BCUT2D eigenvalue weighted by Gasteiger charge is 2.16. The molecule has 0 radical (unpaired) electrons. The van der Waals surface area contributed by atoms with Gasteiger partial charge in [0.25, 0.3) is 0 Å². The monoisotopic (exact) mass is 475 g/mol. The molecule has 154 valence electrons. The summed E-state index contributed by atoms with van der Waals surface area (Å²) >= 11 is 3.58. The SMILES string of the molecule is Brc1ccc(N(c2ccc(-c3ccccc3)cc2)c2ccccc2-c2ccccc2)cc1. The molecule has 32 heavy (non-hydrogen) atoms. The predicted molar refractivity (Wildman–Crippen MR) is 140 cm³/mol. The molecule has 0 aliphatic heterocycles. The Morgan fingerprint density at radius 2 is 0.875 bits per heavy atom. The van der Waals surface area contributed by atoms with Crippen LogP contribution in [0.2, 0.25) is 0 Å². The number of halogens is 1. The van der Waals surface area contributed by atoms with Crippen LogP contribution in [0.4, 0.5) is 17.1 Å². The first-order valence-electron chi connectivity index (χ1n) is 10.7. The molecule has 0 unspecified atom stereocenters. The molecule has 0 saturated carbocycles. The van der Waals surface area contributed by atoms with E-state index in [1.165, 1.54) is 22.3 Å². The lowest BCUT2D eigenvalue weighted by atomic mass is 10.0. The Hall–Kier alpha value is -3.62. The molecule has 0 aliphatic carbocycles. The third-order valence-electron chi connectivity index (χ3n) is 5.55. The van der Waals surface area contributed by atoms with Gasteiger partial charge in [0, 0.05) is 21.4 Å². The molecular weight excluding hydrogens is 454 g/mol. The van der Waals surface area contributed by atoms with Crippen molar-refractivity contribution in [1.29, 1.82) is 0 Å². The van der Waals surface area contributed by atoms with Crippen LogP contribution in [0.25, 0.3) is 22.3 Å².